The Hall–Kier alpha value is -3.57. The van der Waals surface area contributed by atoms with E-state index in [1.807, 2.05) is 0 Å². The second-order valence-electron chi connectivity index (χ2n) is 7.79. The van der Waals surface area contributed by atoms with E-state index in [1.165, 1.54) is 19.1 Å². The number of carbonyl (C=O) groups excluding carboxylic acids is 2. The molecule has 0 radical (unpaired) electrons. The number of nitrogens with zero attached hydrogens (tertiary/aromatic N) is 1. The van der Waals surface area contributed by atoms with Crippen molar-refractivity contribution in [3.8, 4) is 0 Å². The zero-order valence-electron chi connectivity index (χ0n) is 17.7. The highest BCUT2D eigenvalue weighted by molar-refractivity contribution is 6.31. The molecule has 0 fully saturated rings. The molecule has 3 N–H and O–H groups in total. The van der Waals surface area contributed by atoms with Crippen LogP contribution in [0.1, 0.15) is 62.3 Å². The number of anilines is 1. The summed E-state index contributed by atoms with van der Waals surface area (Å²) in [6, 6.07) is 4.90. The molecule has 2 heterocycles. The van der Waals surface area contributed by atoms with E-state index in [2.05, 4.69) is 15.6 Å². The number of carbonyl (C=O) groups is 2. The van der Waals surface area contributed by atoms with Crippen LogP contribution in [0, 0.1) is 11.6 Å². The molecule has 1 aliphatic rings. The van der Waals surface area contributed by atoms with Crippen molar-refractivity contribution in [3.05, 3.63) is 92.8 Å². The van der Waals surface area contributed by atoms with Crippen molar-refractivity contribution < 1.29 is 36.6 Å². The molecule has 12 heteroatoms. The van der Waals surface area contributed by atoms with Crippen LogP contribution in [0.15, 0.2) is 42.5 Å². The Morgan fingerprint density at radius 1 is 1.14 bits per heavy atom. The largest absolute Gasteiger partial charge is 0.416 e. The van der Waals surface area contributed by atoms with Crippen molar-refractivity contribution in [2.24, 2.45) is 0 Å². The van der Waals surface area contributed by atoms with Gasteiger partial charge in [0, 0.05) is 21.7 Å². The van der Waals surface area contributed by atoms with Gasteiger partial charge in [0.1, 0.15) is 17.3 Å². The second-order valence-corrected chi connectivity index (χ2v) is 8.19. The topological polar surface area (TPSA) is 91.3 Å². The maximum Gasteiger partial charge on any atom is 0.416 e. The van der Waals surface area contributed by atoms with E-state index in [-0.39, 0.29) is 39.3 Å². The van der Waals surface area contributed by atoms with Gasteiger partial charge in [-0.25, -0.2) is 13.8 Å². The van der Waals surface area contributed by atoms with Crippen LogP contribution in [-0.2, 0) is 6.18 Å². The number of aromatic nitrogens is 1. The zero-order chi connectivity index (χ0) is 25.7. The average Bonchev–Trinajstić information content (AvgIpc) is 3.11. The molecule has 1 aromatic heterocycles. The SMILES string of the molecule is CC(O)c1cc(NC(=O)c2cc(F)cc(C(F)(F)F)c2)c2c(n1)C(=O)NC2c1cc(F)ccc1Cl. The fourth-order valence-electron chi connectivity index (χ4n) is 3.68. The van der Waals surface area contributed by atoms with Crippen molar-refractivity contribution in [1.82, 2.24) is 10.3 Å². The number of benzene rings is 2. The summed E-state index contributed by atoms with van der Waals surface area (Å²) in [6.07, 6.45) is -6.09. The van der Waals surface area contributed by atoms with E-state index in [0.29, 0.717) is 12.1 Å². The smallest absolute Gasteiger partial charge is 0.387 e. The highest BCUT2D eigenvalue weighted by Crippen LogP contribution is 2.40. The van der Waals surface area contributed by atoms with Gasteiger partial charge < -0.3 is 15.7 Å². The Bertz CT molecular complexity index is 1360. The molecule has 2 unspecified atom stereocenters. The normalized spacial score (nSPS) is 16.0. The molecule has 2 amide bonds. The molecule has 1 aliphatic heterocycles. The number of nitrogens with one attached hydrogen (secondary N) is 2. The van der Waals surface area contributed by atoms with Crippen LogP contribution < -0.4 is 10.6 Å². The molecule has 0 saturated carbocycles. The van der Waals surface area contributed by atoms with Gasteiger partial charge >= 0.3 is 6.18 Å². The van der Waals surface area contributed by atoms with Crippen molar-refractivity contribution in [1.29, 1.82) is 0 Å². The summed E-state index contributed by atoms with van der Waals surface area (Å²) in [4.78, 5) is 29.6. The Morgan fingerprint density at radius 2 is 1.86 bits per heavy atom. The summed E-state index contributed by atoms with van der Waals surface area (Å²) in [5.74, 6) is -3.78. The third kappa shape index (κ3) is 4.82. The molecule has 4 rings (SSSR count). The Morgan fingerprint density at radius 3 is 2.51 bits per heavy atom. The van der Waals surface area contributed by atoms with Gasteiger partial charge in [-0.1, -0.05) is 11.6 Å². The molecule has 0 bridgehead atoms. The number of hydrogen-bond donors (Lipinski definition) is 3. The van der Waals surface area contributed by atoms with Crippen LogP contribution in [-0.4, -0.2) is 21.9 Å². The first-order chi connectivity index (χ1) is 16.3. The number of aliphatic hydroxyl groups excluding tert-OH is 1. The highest BCUT2D eigenvalue weighted by Gasteiger charge is 2.37. The molecule has 182 valence electrons. The van der Waals surface area contributed by atoms with Crippen LogP contribution in [0.5, 0.6) is 0 Å². The number of fused-ring (bicyclic) bond motifs is 1. The Kier molecular flexibility index (Phi) is 6.24. The van der Waals surface area contributed by atoms with Gasteiger partial charge in [-0.3, -0.25) is 9.59 Å². The summed E-state index contributed by atoms with van der Waals surface area (Å²) in [6.45, 7) is 1.34. The standard InChI is InChI=1S/C23H15ClF5N3O3/c1-9(33)16-8-17(31-21(34)10-4-11(23(27,28)29)6-13(26)5-10)18-19(32-22(35)20(18)30-16)14-7-12(25)2-3-15(14)24/h2-9,19,33H,1H3,(H,32,35)(H,30,31,34). The summed E-state index contributed by atoms with van der Waals surface area (Å²) in [5.41, 5.74) is -2.18. The summed E-state index contributed by atoms with van der Waals surface area (Å²) in [7, 11) is 0. The third-order valence-corrected chi connectivity index (χ3v) is 5.63. The lowest BCUT2D eigenvalue weighted by molar-refractivity contribution is -0.137. The van der Waals surface area contributed by atoms with Crippen molar-refractivity contribution >= 4 is 29.1 Å². The van der Waals surface area contributed by atoms with E-state index >= 15 is 0 Å². The third-order valence-electron chi connectivity index (χ3n) is 5.29. The lowest BCUT2D eigenvalue weighted by atomic mass is 9.97. The quantitative estimate of drug-likeness (QED) is 0.421. The number of pyridine rings is 1. The number of hydrogen-bond acceptors (Lipinski definition) is 4. The van der Waals surface area contributed by atoms with Gasteiger partial charge in [-0.2, -0.15) is 13.2 Å². The van der Waals surface area contributed by atoms with Crippen LogP contribution in [0.4, 0.5) is 27.6 Å². The van der Waals surface area contributed by atoms with Gasteiger partial charge in [-0.15, -0.1) is 0 Å². The molecule has 0 spiro atoms. The molecule has 0 aliphatic carbocycles. The Labute approximate surface area is 199 Å². The minimum absolute atomic E-state index is 0.0320. The summed E-state index contributed by atoms with van der Waals surface area (Å²) in [5, 5.41) is 15.0. The molecule has 0 saturated heterocycles. The number of alkyl halides is 3. The molecule has 2 atom stereocenters. The maximum atomic E-state index is 13.9. The van der Waals surface area contributed by atoms with Gasteiger partial charge in [-0.05, 0) is 49.4 Å². The van der Waals surface area contributed by atoms with E-state index in [9.17, 15) is 36.6 Å². The van der Waals surface area contributed by atoms with Gasteiger partial charge in [0.15, 0.2) is 0 Å². The van der Waals surface area contributed by atoms with E-state index in [4.69, 9.17) is 11.6 Å². The maximum absolute atomic E-state index is 13.9. The number of aliphatic hydroxyl groups is 1. The highest BCUT2D eigenvalue weighted by atomic mass is 35.5. The molecule has 2 aromatic carbocycles. The van der Waals surface area contributed by atoms with Crippen LogP contribution in [0.2, 0.25) is 5.02 Å². The van der Waals surface area contributed by atoms with E-state index in [0.717, 1.165) is 12.1 Å². The van der Waals surface area contributed by atoms with Crippen LogP contribution in [0.3, 0.4) is 0 Å². The lowest BCUT2D eigenvalue weighted by Crippen LogP contribution is -2.21. The number of amides is 2. The molecule has 3 aromatic rings. The first-order valence-electron chi connectivity index (χ1n) is 10.0. The predicted molar refractivity (Wildman–Crippen MR) is 115 cm³/mol. The van der Waals surface area contributed by atoms with Gasteiger partial charge in [0.2, 0.25) is 0 Å². The summed E-state index contributed by atoms with van der Waals surface area (Å²) >= 11 is 6.19. The van der Waals surface area contributed by atoms with Gasteiger partial charge in [0.25, 0.3) is 11.8 Å². The number of halogens is 6. The second kappa shape index (κ2) is 8.90. The first-order valence-corrected chi connectivity index (χ1v) is 10.4. The first kappa shape index (κ1) is 24.6. The van der Waals surface area contributed by atoms with Crippen LogP contribution in [0.25, 0.3) is 0 Å². The van der Waals surface area contributed by atoms with E-state index < -0.39 is 52.9 Å². The van der Waals surface area contributed by atoms with Crippen LogP contribution >= 0.6 is 11.6 Å². The van der Waals surface area contributed by atoms with Crippen molar-refractivity contribution in [2.45, 2.75) is 25.2 Å². The van der Waals surface area contributed by atoms with E-state index in [1.54, 1.807) is 0 Å². The molecular weight excluding hydrogens is 497 g/mol. The monoisotopic (exact) mass is 511 g/mol. The number of rotatable bonds is 4. The minimum Gasteiger partial charge on any atom is -0.387 e. The lowest BCUT2D eigenvalue weighted by Gasteiger charge is -2.19. The van der Waals surface area contributed by atoms with Gasteiger partial charge in [0.05, 0.1) is 29.1 Å². The molecule has 35 heavy (non-hydrogen) atoms. The van der Waals surface area contributed by atoms with Crippen molar-refractivity contribution in [2.75, 3.05) is 5.32 Å². The average molecular weight is 512 g/mol. The Balaban J connectivity index is 1.83. The molecule has 6 nitrogen and oxygen atoms in total. The van der Waals surface area contributed by atoms with Crippen molar-refractivity contribution in [3.63, 3.8) is 0 Å². The predicted octanol–water partition coefficient (Wildman–Crippen LogP) is 5.17. The minimum atomic E-state index is -4.90. The zero-order valence-corrected chi connectivity index (χ0v) is 18.4. The molecular formula is C23H15ClF5N3O3. The fraction of sp³-hybridized carbons (Fsp3) is 0.174. The summed E-state index contributed by atoms with van der Waals surface area (Å²) < 4.78 is 67.0. The fourth-order valence-corrected chi connectivity index (χ4v) is 3.90.